The number of benzene rings is 1. The third kappa shape index (κ3) is 4.84. The first-order valence-electron chi connectivity index (χ1n) is 7.23. The maximum atomic E-state index is 11.4. The molecule has 0 heterocycles. The molecule has 1 aliphatic carbocycles. The monoisotopic (exact) mass is 293 g/mol. The summed E-state index contributed by atoms with van der Waals surface area (Å²) in [4.78, 5) is 11.4. The molecule has 0 spiro atoms. The molecule has 0 aromatic heterocycles. The van der Waals surface area contributed by atoms with Gasteiger partial charge in [-0.25, -0.2) is 0 Å². The van der Waals surface area contributed by atoms with Gasteiger partial charge in [-0.05, 0) is 43.9 Å². The Morgan fingerprint density at radius 2 is 2.10 bits per heavy atom. The number of rotatable bonds is 9. The van der Waals surface area contributed by atoms with E-state index < -0.39 is 11.5 Å². The SMILES string of the molecule is CC(CCCSCc1ccccc1)(NC1CC1)C(=O)O. The van der Waals surface area contributed by atoms with Crippen molar-refractivity contribution in [2.45, 2.75) is 49.9 Å². The highest BCUT2D eigenvalue weighted by Crippen LogP contribution is 2.25. The Balaban J connectivity index is 1.67. The number of carboxylic acids is 1. The first-order valence-corrected chi connectivity index (χ1v) is 8.38. The van der Waals surface area contributed by atoms with Gasteiger partial charge in [-0.2, -0.15) is 11.8 Å². The normalized spacial score (nSPS) is 17.6. The zero-order chi connectivity index (χ0) is 14.4. The van der Waals surface area contributed by atoms with Crippen LogP contribution in [0.25, 0.3) is 0 Å². The van der Waals surface area contributed by atoms with Gasteiger partial charge in [0.15, 0.2) is 0 Å². The first-order chi connectivity index (χ1) is 9.60. The molecule has 3 nitrogen and oxygen atoms in total. The van der Waals surface area contributed by atoms with E-state index in [1.54, 1.807) is 0 Å². The molecule has 1 fully saturated rings. The van der Waals surface area contributed by atoms with E-state index in [-0.39, 0.29) is 0 Å². The van der Waals surface area contributed by atoms with Crippen LogP contribution >= 0.6 is 11.8 Å². The Morgan fingerprint density at radius 3 is 2.70 bits per heavy atom. The number of carbonyl (C=O) groups is 1. The quantitative estimate of drug-likeness (QED) is 0.686. The van der Waals surface area contributed by atoms with Crippen molar-refractivity contribution in [3.8, 4) is 0 Å². The van der Waals surface area contributed by atoms with Gasteiger partial charge in [-0.1, -0.05) is 30.3 Å². The highest BCUT2D eigenvalue weighted by molar-refractivity contribution is 7.98. The lowest BCUT2D eigenvalue weighted by molar-refractivity contribution is -0.144. The molecule has 1 aromatic rings. The molecule has 110 valence electrons. The second kappa shape index (κ2) is 7.14. The van der Waals surface area contributed by atoms with E-state index in [1.807, 2.05) is 24.8 Å². The summed E-state index contributed by atoms with van der Waals surface area (Å²) in [6.45, 7) is 1.81. The van der Waals surface area contributed by atoms with E-state index >= 15 is 0 Å². The summed E-state index contributed by atoms with van der Waals surface area (Å²) in [5.74, 6) is 1.28. The molecule has 4 heteroatoms. The van der Waals surface area contributed by atoms with E-state index in [9.17, 15) is 9.90 Å². The van der Waals surface area contributed by atoms with Crippen LogP contribution in [0.4, 0.5) is 0 Å². The van der Waals surface area contributed by atoms with Gasteiger partial charge in [0, 0.05) is 11.8 Å². The van der Waals surface area contributed by atoms with Gasteiger partial charge in [0.05, 0.1) is 0 Å². The van der Waals surface area contributed by atoms with Crippen LogP contribution in [0, 0.1) is 0 Å². The van der Waals surface area contributed by atoms with Crippen LogP contribution in [0.5, 0.6) is 0 Å². The van der Waals surface area contributed by atoms with E-state index in [4.69, 9.17) is 0 Å². The number of carboxylic acid groups (broad SMARTS) is 1. The lowest BCUT2D eigenvalue weighted by atomic mass is 9.96. The Bertz CT molecular complexity index is 433. The zero-order valence-electron chi connectivity index (χ0n) is 12.0. The Labute approximate surface area is 125 Å². The maximum absolute atomic E-state index is 11.4. The van der Waals surface area contributed by atoms with Gasteiger partial charge in [0.1, 0.15) is 5.54 Å². The molecule has 0 aliphatic heterocycles. The molecular formula is C16H23NO2S. The molecule has 2 rings (SSSR count). The minimum absolute atomic E-state index is 0.424. The number of hydrogen-bond donors (Lipinski definition) is 2. The summed E-state index contributed by atoms with van der Waals surface area (Å²) >= 11 is 1.87. The third-order valence-electron chi connectivity index (χ3n) is 3.65. The molecule has 0 radical (unpaired) electrons. The molecular weight excluding hydrogens is 270 g/mol. The van der Waals surface area contributed by atoms with Crippen molar-refractivity contribution in [2.24, 2.45) is 0 Å². The molecule has 1 atom stereocenters. The molecule has 0 bridgehead atoms. The average molecular weight is 293 g/mol. The van der Waals surface area contributed by atoms with Crippen LogP contribution in [-0.2, 0) is 10.5 Å². The highest BCUT2D eigenvalue weighted by atomic mass is 32.2. The van der Waals surface area contributed by atoms with Crippen LogP contribution in [0.1, 0.15) is 38.2 Å². The predicted octanol–water partition coefficient (Wildman–Crippen LogP) is 3.30. The van der Waals surface area contributed by atoms with Gasteiger partial charge >= 0.3 is 5.97 Å². The van der Waals surface area contributed by atoms with Gasteiger partial charge < -0.3 is 5.11 Å². The number of aliphatic carboxylic acids is 1. The molecule has 1 unspecified atom stereocenters. The molecule has 2 N–H and O–H groups in total. The zero-order valence-corrected chi connectivity index (χ0v) is 12.8. The summed E-state index contributed by atoms with van der Waals surface area (Å²) < 4.78 is 0. The molecule has 1 saturated carbocycles. The lowest BCUT2D eigenvalue weighted by Gasteiger charge is -2.26. The molecule has 1 aliphatic rings. The van der Waals surface area contributed by atoms with Crippen LogP contribution < -0.4 is 5.32 Å². The largest absolute Gasteiger partial charge is 0.480 e. The minimum Gasteiger partial charge on any atom is -0.480 e. The predicted molar refractivity (Wildman–Crippen MR) is 84.0 cm³/mol. The van der Waals surface area contributed by atoms with E-state index in [0.717, 1.165) is 30.8 Å². The summed E-state index contributed by atoms with van der Waals surface area (Å²) in [7, 11) is 0. The fraction of sp³-hybridized carbons (Fsp3) is 0.562. The van der Waals surface area contributed by atoms with E-state index in [0.29, 0.717) is 12.5 Å². The van der Waals surface area contributed by atoms with Crippen LogP contribution in [0.2, 0.25) is 0 Å². The standard InChI is InChI=1S/C16H23NO2S/c1-16(15(18)19,17-14-8-9-14)10-5-11-20-12-13-6-3-2-4-7-13/h2-4,6-7,14,17H,5,8-12H2,1H3,(H,18,19). The number of nitrogens with one attached hydrogen (secondary N) is 1. The molecule has 0 amide bonds. The van der Waals surface area contributed by atoms with Gasteiger partial charge in [-0.3, -0.25) is 10.1 Å². The second-order valence-corrected chi connectivity index (χ2v) is 6.80. The Morgan fingerprint density at radius 1 is 1.40 bits per heavy atom. The summed E-state index contributed by atoms with van der Waals surface area (Å²) in [6.07, 6.45) is 3.86. The summed E-state index contributed by atoms with van der Waals surface area (Å²) in [5, 5.41) is 12.6. The smallest absolute Gasteiger partial charge is 0.323 e. The second-order valence-electron chi connectivity index (χ2n) is 5.70. The highest BCUT2D eigenvalue weighted by Gasteiger charge is 2.37. The van der Waals surface area contributed by atoms with Crippen molar-refractivity contribution in [1.29, 1.82) is 0 Å². The van der Waals surface area contributed by atoms with Crippen molar-refractivity contribution in [2.75, 3.05) is 5.75 Å². The number of thioether (sulfide) groups is 1. The molecule has 0 saturated heterocycles. The third-order valence-corrected chi connectivity index (χ3v) is 4.76. The topological polar surface area (TPSA) is 49.3 Å². The lowest BCUT2D eigenvalue weighted by Crippen LogP contribution is -2.50. The van der Waals surface area contributed by atoms with Crippen LogP contribution in [0.3, 0.4) is 0 Å². The summed E-state index contributed by atoms with van der Waals surface area (Å²) in [5.41, 5.74) is 0.573. The maximum Gasteiger partial charge on any atom is 0.323 e. The van der Waals surface area contributed by atoms with Crippen LogP contribution in [0.15, 0.2) is 30.3 Å². The van der Waals surface area contributed by atoms with Crippen molar-refractivity contribution in [3.63, 3.8) is 0 Å². The Hall–Kier alpha value is -1.00. The van der Waals surface area contributed by atoms with Crippen molar-refractivity contribution >= 4 is 17.7 Å². The molecule has 20 heavy (non-hydrogen) atoms. The fourth-order valence-corrected chi connectivity index (χ4v) is 3.13. The Kier molecular flexibility index (Phi) is 5.49. The summed E-state index contributed by atoms with van der Waals surface area (Å²) in [6, 6.07) is 10.8. The van der Waals surface area contributed by atoms with Crippen molar-refractivity contribution in [3.05, 3.63) is 35.9 Å². The van der Waals surface area contributed by atoms with Gasteiger partial charge in [-0.15, -0.1) is 0 Å². The first kappa shape index (κ1) is 15.4. The molecule has 1 aromatic carbocycles. The van der Waals surface area contributed by atoms with E-state index in [2.05, 4.69) is 29.6 Å². The van der Waals surface area contributed by atoms with Crippen molar-refractivity contribution in [1.82, 2.24) is 5.32 Å². The average Bonchev–Trinajstić information content (AvgIpc) is 3.23. The van der Waals surface area contributed by atoms with Gasteiger partial charge in [0.2, 0.25) is 0 Å². The van der Waals surface area contributed by atoms with Crippen LogP contribution in [-0.4, -0.2) is 28.4 Å². The van der Waals surface area contributed by atoms with E-state index in [1.165, 1.54) is 5.56 Å². The minimum atomic E-state index is -0.755. The van der Waals surface area contributed by atoms with Gasteiger partial charge in [0.25, 0.3) is 0 Å². The van der Waals surface area contributed by atoms with Crippen molar-refractivity contribution < 1.29 is 9.90 Å². The fourth-order valence-electron chi connectivity index (χ4n) is 2.21. The number of hydrogen-bond acceptors (Lipinski definition) is 3.